The number of hydrogen-bond donors (Lipinski definition) is 3. The molecule has 0 aliphatic heterocycles. The summed E-state index contributed by atoms with van der Waals surface area (Å²) >= 11 is 0. The summed E-state index contributed by atoms with van der Waals surface area (Å²) < 4.78 is 1.43. The third-order valence-corrected chi connectivity index (χ3v) is 1.65. The summed E-state index contributed by atoms with van der Waals surface area (Å²) in [5.74, 6) is -0.0507. The van der Waals surface area contributed by atoms with E-state index in [2.05, 4.69) is 21.0 Å². The average molecular weight is 197 g/mol. The Balaban J connectivity index is 3.09. The van der Waals surface area contributed by atoms with Crippen LogP contribution in [0.15, 0.2) is 6.33 Å². The topological polar surface area (TPSA) is 88.1 Å². The maximum Gasteiger partial charge on any atom is 0.273 e. The Morgan fingerprint density at radius 3 is 2.79 bits per heavy atom. The number of nitrogens with zero attached hydrogens (tertiary/aromatic N) is 2. The Morgan fingerprint density at radius 1 is 1.57 bits per heavy atom. The van der Waals surface area contributed by atoms with Gasteiger partial charge in [-0.2, -0.15) is 0 Å². The van der Waals surface area contributed by atoms with Crippen molar-refractivity contribution >= 4 is 18.1 Å². The molecule has 0 bridgehead atoms. The molecule has 0 aliphatic rings. The Morgan fingerprint density at radius 2 is 2.29 bits per heavy atom. The van der Waals surface area contributed by atoms with E-state index in [4.69, 9.17) is 0 Å². The number of carbonyl (C=O) groups is 2. The lowest BCUT2D eigenvalue weighted by Gasteiger charge is -2.06. The minimum absolute atomic E-state index is 0.161. The number of hydrogen-bond acceptors (Lipinski definition) is 4. The van der Waals surface area contributed by atoms with E-state index in [0.717, 1.165) is 0 Å². The highest BCUT2D eigenvalue weighted by Gasteiger charge is 2.15. The molecule has 1 heterocycles. The van der Waals surface area contributed by atoms with Crippen molar-refractivity contribution in [2.24, 2.45) is 0 Å². The molecule has 0 aromatic carbocycles. The number of amides is 2. The first-order valence-corrected chi connectivity index (χ1v) is 3.92. The second kappa shape index (κ2) is 4.26. The predicted octanol–water partition coefficient (Wildman–Crippen LogP) is -1.02. The highest BCUT2D eigenvalue weighted by molar-refractivity contribution is 5.98. The second-order valence-corrected chi connectivity index (χ2v) is 2.38. The van der Waals surface area contributed by atoms with E-state index in [-0.39, 0.29) is 11.6 Å². The molecule has 0 saturated carbocycles. The lowest BCUT2D eigenvalue weighted by atomic mass is 10.4. The zero-order valence-corrected chi connectivity index (χ0v) is 7.87. The van der Waals surface area contributed by atoms with Crippen LogP contribution in [0, 0.1) is 0 Å². The lowest BCUT2D eigenvalue weighted by molar-refractivity contribution is -0.105. The Hall–Kier alpha value is -2.05. The van der Waals surface area contributed by atoms with Crippen molar-refractivity contribution in [2.45, 2.75) is 0 Å². The molecule has 2 amide bonds. The van der Waals surface area contributed by atoms with E-state index in [1.165, 1.54) is 18.1 Å². The Kier molecular flexibility index (Phi) is 3.05. The fraction of sp³-hybridized carbons (Fsp3) is 0.286. The summed E-state index contributed by atoms with van der Waals surface area (Å²) in [6.07, 6.45) is 1.88. The molecule has 0 atom stereocenters. The lowest BCUT2D eigenvalue weighted by Crippen LogP contribution is -2.21. The predicted molar refractivity (Wildman–Crippen MR) is 50.6 cm³/mol. The fourth-order valence-electron chi connectivity index (χ4n) is 0.996. The molecule has 0 saturated heterocycles. The second-order valence-electron chi connectivity index (χ2n) is 2.38. The van der Waals surface area contributed by atoms with E-state index in [0.29, 0.717) is 12.2 Å². The number of anilines is 1. The van der Waals surface area contributed by atoms with E-state index in [1.54, 1.807) is 7.05 Å². The minimum Gasteiger partial charge on any atom is -0.354 e. The molecule has 0 spiro atoms. The van der Waals surface area contributed by atoms with Crippen LogP contribution >= 0.6 is 0 Å². The molecular weight excluding hydrogens is 186 g/mol. The van der Waals surface area contributed by atoms with Crippen LogP contribution in [0.2, 0.25) is 0 Å². The molecule has 76 valence electrons. The van der Waals surface area contributed by atoms with Gasteiger partial charge in [0.2, 0.25) is 6.41 Å². The van der Waals surface area contributed by atoms with E-state index >= 15 is 0 Å². The molecule has 1 aromatic rings. The maximum atomic E-state index is 11.3. The van der Waals surface area contributed by atoms with Crippen molar-refractivity contribution < 1.29 is 9.59 Å². The van der Waals surface area contributed by atoms with Crippen molar-refractivity contribution in [1.29, 1.82) is 0 Å². The Labute approximate surface area is 80.5 Å². The van der Waals surface area contributed by atoms with Gasteiger partial charge in [0.25, 0.3) is 5.91 Å². The smallest absolute Gasteiger partial charge is 0.273 e. The standard InChI is InChI=1S/C7H11N5O2/c1-8-7(14)5-6(11-4-13)12(9-2)3-10-5/h3-4,9H,1-2H3,(H,8,14)(H,11,13). The monoisotopic (exact) mass is 197 g/mol. The van der Waals surface area contributed by atoms with Crippen LogP contribution in [0.5, 0.6) is 0 Å². The van der Waals surface area contributed by atoms with Crippen molar-refractivity contribution in [2.75, 3.05) is 24.8 Å². The highest BCUT2D eigenvalue weighted by atomic mass is 16.2. The van der Waals surface area contributed by atoms with Gasteiger partial charge in [0.1, 0.15) is 6.33 Å². The number of imidazole rings is 1. The van der Waals surface area contributed by atoms with E-state index in [1.807, 2.05) is 0 Å². The zero-order valence-electron chi connectivity index (χ0n) is 7.87. The molecule has 1 rings (SSSR count). The normalized spacial score (nSPS) is 9.29. The minimum atomic E-state index is -0.358. The molecule has 0 fully saturated rings. The SMILES string of the molecule is CNC(=O)c1ncn(NC)c1NC=O. The van der Waals surface area contributed by atoms with Crippen molar-refractivity contribution in [1.82, 2.24) is 15.0 Å². The quantitative estimate of drug-likeness (QED) is 0.539. The van der Waals surface area contributed by atoms with Gasteiger partial charge < -0.3 is 16.1 Å². The molecular formula is C7H11N5O2. The highest BCUT2D eigenvalue weighted by Crippen LogP contribution is 2.11. The Bertz CT molecular complexity index is 346. The summed E-state index contributed by atoms with van der Waals surface area (Å²) in [5, 5.41) is 4.81. The van der Waals surface area contributed by atoms with Crippen LogP contribution < -0.4 is 16.1 Å². The summed E-state index contributed by atoms with van der Waals surface area (Å²) in [4.78, 5) is 25.4. The fourth-order valence-corrected chi connectivity index (χ4v) is 0.996. The summed E-state index contributed by atoms with van der Waals surface area (Å²) in [5.41, 5.74) is 2.89. The number of aromatic nitrogens is 2. The third-order valence-electron chi connectivity index (χ3n) is 1.65. The number of rotatable bonds is 4. The largest absolute Gasteiger partial charge is 0.354 e. The van der Waals surface area contributed by atoms with E-state index in [9.17, 15) is 9.59 Å². The first kappa shape index (κ1) is 10.0. The molecule has 0 unspecified atom stereocenters. The number of nitrogens with one attached hydrogen (secondary N) is 3. The van der Waals surface area contributed by atoms with Crippen LogP contribution in [0.25, 0.3) is 0 Å². The van der Waals surface area contributed by atoms with Crippen molar-refractivity contribution in [3.8, 4) is 0 Å². The third kappa shape index (κ3) is 1.65. The van der Waals surface area contributed by atoms with Gasteiger partial charge in [-0.05, 0) is 0 Å². The molecule has 7 heteroatoms. The van der Waals surface area contributed by atoms with Crippen LogP contribution in [-0.2, 0) is 4.79 Å². The molecule has 14 heavy (non-hydrogen) atoms. The van der Waals surface area contributed by atoms with Crippen molar-refractivity contribution in [3.05, 3.63) is 12.0 Å². The van der Waals surface area contributed by atoms with Gasteiger partial charge in [0.15, 0.2) is 11.5 Å². The van der Waals surface area contributed by atoms with Gasteiger partial charge in [-0.3, -0.25) is 9.59 Å². The van der Waals surface area contributed by atoms with Gasteiger partial charge in [0.05, 0.1) is 0 Å². The number of carbonyl (C=O) groups excluding carboxylic acids is 2. The average Bonchev–Trinajstić information content (AvgIpc) is 2.60. The summed E-state index contributed by atoms with van der Waals surface area (Å²) in [6.45, 7) is 0. The molecule has 1 aromatic heterocycles. The van der Waals surface area contributed by atoms with Crippen LogP contribution in [0.1, 0.15) is 10.5 Å². The van der Waals surface area contributed by atoms with Gasteiger partial charge in [-0.1, -0.05) is 0 Å². The summed E-state index contributed by atoms with van der Waals surface area (Å²) in [7, 11) is 3.14. The van der Waals surface area contributed by atoms with Gasteiger partial charge in [-0.15, -0.1) is 0 Å². The molecule has 3 N–H and O–H groups in total. The molecule has 7 nitrogen and oxygen atoms in total. The zero-order chi connectivity index (χ0) is 10.6. The first-order chi connectivity index (χ1) is 6.74. The van der Waals surface area contributed by atoms with Gasteiger partial charge in [0, 0.05) is 14.1 Å². The maximum absolute atomic E-state index is 11.3. The molecule has 0 aliphatic carbocycles. The van der Waals surface area contributed by atoms with Crippen LogP contribution in [0.3, 0.4) is 0 Å². The van der Waals surface area contributed by atoms with E-state index < -0.39 is 0 Å². The molecule has 0 radical (unpaired) electrons. The van der Waals surface area contributed by atoms with Crippen molar-refractivity contribution in [3.63, 3.8) is 0 Å². The summed E-state index contributed by atoms with van der Waals surface area (Å²) in [6, 6.07) is 0. The van der Waals surface area contributed by atoms with Gasteiger partial charge in [-0.25, -0.2) is 9.66 Å². The van der Waals surface area contributed by atoms with Gasteiger partial charge >= 0.3 is 0 Å². The first-order valence-electron chi connectivity index (χ1n) is 3.92. The van der Waals surface area contributed by atoms with Crippen LogP contribution in [-0.4, -0.2) is 36.1 Å². The van der Waals surface area contributed by atoms with Crippen LogP contribution in [0.4, 0.5) is 5.82 Å².